The van der Waals surface area contributed by atoms with E-state index in [9.17, 15) is 0 Å². The van der Waals surface area contributed by atoms with Gasteiger partial charge in [0.25, 0.3) is 0 Å². The fourth-order valence-corrected chi connectivity index (χ4v) is 0.695. The van der Waals surface area contributed by atoms with E-state index in [0.29, 0.717) is 0 Å². The van der Waals surface area contributed by atoms with E-state index in [1.807, 2.05) is 0 Å². The van der Waals surface area contributed by atoms with E-state index in [0.717, 1.165) is 0 Å². The van der Waals surface area contributed by atoms with Crippen molar-refractivity contribution in [1.29, 1.82) is 0 Å². The maximum absolute atomic E-state index is 5.30. The van der Waals surface area contributed by atoms with Gasteiger partial charge in [-0.05, 0) is 0 Å². The lowest BCUT2D eigenvalue weighted by atomic mass is 10.8. The van der Waals surface area contributed by atoms with Gasteiger partial charge in [-0.15, -0.1) is 0 Å². The molecule has 0 aliphatic carbocycles. The van der Waals surface area contributed by atoms with Gasteiger partial charge in [-0.2, -0.15) is 9.56 Å². The van der Waals surface area contributed by atoms with E-state index in [-0.39, 0.29) is 17.9 Å². The van der Waals surface area contributed by atoms with Gasteiger partial charge in [0.05, 0.1) is 12.4 Å². The van der Waals surface area contributed by atoms with Crippen molar-refractivity contribution in [2.24, 2.45) is 22.2 Å². The summed E-state index contributed by atoms with van der Waals surface area (Å²) in [7, 11) is 0. The van der Waals surface area contributed by atoms with Gasteiger partial charge in [-0.25, -0.2) is 4.98 Å². The molecule has 1 aromatic heterocycles. The number of guanidine groups is 1. The van der Waals surface area contributed by atoms with Gasteiger partial charge in [-0.1, -0.05) is 0 Å². The molecular formula is C5H10N7+. The summed E-state index contributed by atoms with van der Waals surface area (Å²) >= 11 is 0. The predicted molar refractivity (Wildman–Crippen MR) is 44.2 cm³/mol. The third-order valence-corrected chi connectivity index (χ3v) is 1.13. The molecular weight excluding hydrogens is 158 g/mol. The number of rotatable bonds is 1. The van der Waals surface area contributed by atoms with Gasteiger partial charge in [0, 0.05) is 0 Å². The number of aliphatic imine (C=N–C) groups is 1. The van der Waals surface area contributed by atoms with Crippen molar-refractivity contribution >= 4 is 17.9 Å². The van der Waals surface area contributed by atoms with Crippen molar-refractivity contribution in [3.05, 3.63) is 12.4 Å². The lowest BCUT2D eigenvalue weighted by Gasteiger charge is -1.92. The predicted octanol–water partition coefficient (Wildman–Crippen LogP) is -3.29. The van der Waals surface area contributed by atoms with Crippen LogP contribution in [-0.4, -0.2) is 21.5 Å². The van der Waals surface area contributed by atoms with Crippen LogP contribution in [0.5, 0.6) is 0 Å². The summed E-state index contributed by atoms with van der Waals surface area (Å²) in [6, 6.07) is 0. The first-order chi connectivity index (χ1) is 5.61. The molecule has 7 nitrogen and oxygen atoms in total. The van der Waals surface area contributed by atoms with E-state index >= 15 is 0 Å². The van der Waals surface area contributed by atoms with Crippen LogP contribution in [0.25, 0.3) is 0 Å². The van der Waals surface area contributed by atoms with Crippen LogP contribution in [0.4, 0.5) is 5.95 Å². The molecule has 0 aliphatic rings. The smallest absolute Gasteiger partial charge is 0.353 e. The molecule has 0 radical (unpaired) electrons. The summed E-state index contributed by atoms with van der Waals surface area (Å²) in [5.74, 6) is 0.228. The second-order valence-corrected chi connectivity index (χ2v) is 2.06. The van der Waals surface area contributed by atoms with Gasteiger partial charge in [0.2, 0.25) is 0 Å². The first kappa shape index (κ1) is 8.05. The molecule has 1 aromatic rings. The molecule has 0 fully saturated rings. The molecule has 0 spiro atoms. The van der Waals surface area contributed by atoms with Crippen molar-refractivity contribution in [3.8, 4) is 0 Å². The molecule has 0 saturated heterocycles. The van der Waals surface area contributed by atoms with Gasteiger partial charge in [0.15, 0.2) is 5.96 Å². The van der Waals surface area contributed by atoms with Crippen molar-refractivity contribution in [2.45, 2.75) is 0 Å². The summed E-state index contributed by atoms with van der Waals surface area (Å²) in [5.41, 5.74) is 15.6. The number of hydrogen-bond acceptors (Lipinski definition) is 2. The van der Waals surface area contributed by atoms with Crippen LogP contribution in [0.15, 0.2) is 17.4 Å². The zero-order chi connectivity index (χ0) is 9.14. The quantitative estimate of drug-likeness (QED) is 0.258. The molecule has 8 N–H and O–H groups in total. The summed E-state index contributed by atoms with van der Waals surface area (Å²) in [5, 5.41) is 5.30. The average molecular weight is 168 g/mol. The highest BCUT2D eigenvalue weighted by molar-refractivity contribution is 5.81. The van der Waals surface area contributed by atoms with E-state index in [1.54, 1.807) is 6.20 Å². The Bertz CT molecular complexity index is 318. The third kappa shape index (κ3) is 1.51. The maximum atomic E-state index is 5.30. The molecule has 0 saturated carbocycles. The van der Waals surface area contributed by atoms with Gasteiger partial charge in [0.1, 0.15) is 0 Å². The van der Waals surface area contributed by atoms with Crippen LogP contribution in [-0.2, 0) is 0 Å². The van der Waals surface area contributed by atoms with Crippen LogP contribution < -0.4 is 22.6 Å². The lowest BCUT2D eigenvalue weighted by Crippen LogP contribution is -2.49. The lowest BCUT2D eigenvalue weighted by molar-refractivity contribution is -0.119. The fraction of sp³-hybridized carbons (Fsp3) is 0. The van der Waals surface area contributed by atoms with Gasteiger partial charge >= 0.3 is 11.9 Å². The summed E-state index contributed by atoms with van der Waals surface area (Å²) < 4.78 is 1.36. The van der Waals surface area contributed by atoms with Crippen molar-refractivity contribution in [1.82, 2.24) is 9.55 Å². The Hall–Kier alpha value is -2.05. The zero-order valence-electron chi connectivity index (χ0n) is 6.31. The normalized spacial score (nSPS) is 9.33. The minimum absolute atomic E-state index is 0.0625. The topological polar surface area (TPSA) is 134 Å². The van der Waals surface area contributed by atoms with E-state index in [2.05, 4.69) is 9.98 Å². The van der Waals surface area contributed by atoms with E-state index in [1.165, 1.54) is 10.8 Å². The molecule has 1 heterocycles. The minimum Gasteiger partial charge on any atom is -0.370 e. The SMILES string of the molecule is NC(=[NH2+])n1ccnc1N=C(N)N. The van der Waals surface area contributed by atoms with Crippen LogP contribution in [0, 0.1) is 0 Å². The maximum Gasteiger partial charge on any atom is 0.353 e. The summed E-state index contributed by atoms with van der Waals surface area (Å²) in [6.07, 6.45) is 3.04. The standard InChI is InChI=1S/C5H9N7/c6-3(7)11-5-10-1-2-12(5)4(8)9/h1-2H,(H3,8,9)(H4,6,7,10,11)/p+1. The van der Waals surface area contributed by atoms with Gasteiger partial charge < -0.3 is 11.5 Å². The molecule has 1 rings (SSSR count). The molecule has 0 amide bonds. The monoisotopic (exact) mass is 168 g/mol. The number of nitrogens with zero attached hydrogens (tertiary/aromatic N) is 3. The largest absolute Gasteiger partial charge is 0.370 e. The van der Waals surface area contributed by atoms with Crippen LogP contribution in [0.2, 0.25) is 0 Å². The number of hydrogen-bond donors (Lipinski definition) is 4. The molecule has 0 bridgehead atoms. The minimum atomic E-state index is -0.0938. The third-order valence-electron chi connectivity index (χ3n) is 1.13. The highest BCUT2D eigenvalue weighted by Gasteiger charge is 2.08. The van der Waals surface area contributed by atoms with E-state index < -0.39 is 0 Å². The van der Waals surface area contributed by atoms with Crippen LogP contribution in [0.3, 0.4) is 0 Å². The zero-order valence-corrected chi connectivity index (χ0v) is 6.31. The molecule has 0 atom stereocenters. The molecule has 0 aromatic carbocycles. The highest BCUT2D eigenvalue weighted by Crippen LogP contribution is 2.04. The van der Waals surface area contributed by atoms with Crippen molar-refractivity contribution in [2.75, 3.05) is 0 Å². The molecule has 64 valence electrons. The second kappa shape index (κ2) is 2.91. The van der Waals surface area contributed by atoms with Crippen LogP contribution >= 0.6 is 0 Å². The molecule has 0 aliphatic heterocycles. The Morgan fingerprint density at radius 2 is 2.17 bits per heavy atom. The molecule has 12 heavy (non-hydrogen) atoms. The Labute approximate surface area is 68.4 Å². The van der Waals surface area contributed by atoms with E-state index in [4.69, 9.17) is 22.6 Å². The summed E-state index contributed by atoms with van der Waals surface area (Å²) in [6.45, 7) is 0. The van der Waals surface area contributed by atoms with Gasteiger partial charge in [-0.3, -0.25) is 11.1 Å². The Kier molecular flexibility index (Phi) is 1.95. The highest BCUT2D eigenvalue weighted by atomic mass is 15.2. The Morgan fingerprint density at radius 1 is 1.50 bits per heavy atom. The second-order valence-electron chi connectivity index (χ2n) is 2.06. The fourth-order valence-electron chi connectivity index (χ4n) is 0.695. The van der Waals surface area contributed by atoms with Crippen molar-refractivity contribution < 1.29 is 5.41 Å². The number of aromatic nitrogens is 2. The average Bonchev–Trinajstić information content (AvgIpc) is 2.33. The van der Waals surface area contributed by atoms with Crippen LogP contribution in [0.1, 0.15) is 0 Å². The first-order valence-electron chi connectivity index (χ1n) is 3.12. The molecule has 0 unspecified atom stereocenters. The Balaban J connectivity index is 3.08. The number of nitrogens with two attached hydrogens (primary N) is 4. The molecule has 7 heteroatoms. The summed E-state index contributed by atoms with van der Waals surface area (Å²) in [4.78, 5) is 7.50. The Morgan fingerprint density at radius 3 is 2.67 bits per heavy atom. The van der Waals surface area contributed by atoms with Crippen molar-refractivity contribution in [3.63, 3.8) is 0 Å². The number of imidazole rings is 1. The first-order valence-corrected chi connectivity index (χ1v) is 3.12.